The van der Waals surface area contributed by atoms with Crippen molar-refractivity contribution in [1.29, 1.82) is 0 Å². The monoisotopic (exact) mass is 648 g/mol. The summed E-state index contributed by atoms with van der Waals surface area (Å²) in [5.74, 6) is -2.42. The fourth-order valence-corrected chi connectivity index (χ4v) is 6.32. The van der Waals surface area contributed by atoms with Gasteiger partial charge in [0.1, 0.15) is 11.8 Å². The number of hydrogen-bond donors (Lipinski definition) is 2. The van der Waals surface area contributed by atoms with Crippen LogP contribution in [-0.2, 0) is 14.9 Å². The molecule has 2 aliphatic heterocycles. The third kappa shape index (κ3) is 6.92. The van der Waals surface area contributed by atoms with Crippen molar-refractivity contribution < 1.29 is 32.6 Å². The van der Waals surface area contributed by atoms with Crippen molar-refractivity contribution in [3.8, 4) is 5.75 Å². The Labute approximate surface area is 271 Å². The Hall–Kier alpha value is -4.68. The molecule has 1 atom stereocenters. The molecular weight excluding hydrogens is 614 g/mol. The average Bonchev–Trinajstić information content (AvgIpc) is 3.08. The van der Waals surface area contributed by atoms with Gasteiger partial charge in [0.25, 0.3) is 0 Å². The van der Waals surface area contributed by atoms with Gasteiger partial charge in [0.2, 0.25) is 0 Å². The van der Waals surface area contributed by atoms with Crippen molar-refractivity contribution in [3.63, 3.8) is 0 Å². The molecule has 3 aromatic rings. The molecule has 0 saturated carbocycles. The molecule has 0 radical (unpaired) electrons. The van der Waals surface area contributed by atoms with Crippen molar-refractivity contribution >= 4 is 35.8 Å². The smallest absolute Gasteiger partial charge is 0.337 e. The molecule has 0 spiro atoms. The largest absolute Gasteiger partial charge is 0.466 e. The number of thiocarbonyl (C=S) groups is 1. The van der Waals surface area contributed by atoms with Crippen molar-refractivity contribution in [2.45, 2.75) is 30.7 Å². The number of halogens is 2. The molecule has 12 heteroatoms. The second-order valence-corrected chi connectivity index (χ2v) is 11.3. The van der Waals surface area contributed by atoms with E-state index in [1.54, 1.807) is 0 Å². The number of rotatable bonds is 10. The summed E-state index contributed by atoms with van der Waals surface area (Å²) in [6.07, 6.45) is 3.49. The molecular formula is C34H34F2N4O5S. The summed E-state index contributed by atoms with van der Waals surface area (Å²) in [6.45, 7) is 2.62. The SMILES string of the molecule is COC(=O)C1=CNC(=O)N(C(=O)NCCCN2CCC(c3ccccc3)(c3ccc(OC=S)cc3)CC2)C1c1ccc(F)c(F)c1. The van der Waals surface area contributed by atoms with Crippen LogP contribution in [0.1, 0.15) is 42.0 Å². The lowest BCUT2D eigenvalue weighted by Crippen LogP contribution is -2.53. The van der Waals surface area contributed by atoms with E-state index in [-0.39, 0.29) is 23.1 Å². The number of methoxy groups -OCH3 is 1. The molecule has 2 aliphatic rings. The molecule has 1 unspecified atom stereocenters. The standard InChI is InChI=1S/C34H34F2N4O5S/c1-44-31(41)27-21-38-33(43)40(30(27)23-8-13-28(35)29(36)20-23)32(42)37-16-5-17-39-18-14-34(15-19-39,24-6-3-2-4-7-24)25-9-11-26(12-10-25)45-22-46/h2-4,6-13,20-22,30H,5,14-19H2,1H3,(H,37,42)(H,38,43). The first-order valence-electron chi connectivity index (χ1n) is 14.9. The van der Waals surface area contributed by atoms with Crippen LogP contribution in [0.15, 0.2) is 84.6 Å². The van der Waals surface area contributed by atoms with Crippen LogP contribution in [0.5, 0.6) is 5.75 Å². The van der Waals surface area contributed by atoms with Crippen molar-refractivity contribution in [2.75, 3.05) is 33.3 Å². The van der Waals surface area contributed by atoms with E-state index in [1.165, 1.54) is 22.7 Å². The van der Waals surface area contributed by atoms with E-state index in [0.717, 1.165) is 56.3 Å². The molecule has 2 heterocycles. The second-order valence-electron chi connectivity index (χ2n) is 11.1. The fraction of sp³-hybridized carbons (Fsp3) is 0.294. The van der Waals surface area contributed by atoms with Gasteiger partial charge in [-0.15, -0.1) is 0 Å². The Morgan fingerprint density at radius 2 is 1.72 bits per heavy atom. The van der Waals surface area contributed by atoms with Crippen LogP contribution in [0.3, 0.4) is 0 Å². The van der Waals surface area contributed by atoms with Crippen LogP contribution in [0.25, 0.3) is 0 Å². The molecule has 0 bridgehead atoms. The predicted molar refractivity (Wildman–Crippen MR) is 171 cm³/mol. The number of carbonyl (C=O) groups is 3. The number of nitrogens with zero attached hydrogens (tertiary/aromatic N) is 2. The number of ether oxygens (including phenoxy) is 2. The van der Waals surface area contributed by atoms with Crippen LogP contribution in [0.4, 0.5) is 18.4 Å². The van der Waals surface area contributed by atoms with Gasteiger partial charge < -0.3 is 25.0 Å². The van der Waals surface area contributed by atoms with Crippen molar-refractivity contribution in [2.24, 2.45) is 0 Å². The zero-order valence-electron chi connectivity index (χ0n) is 25.2. The Morgan fingerprint density at radius 1 is 1.02 bits per heavy atom. The van der Waals surface area contributed by atoms with Gasteiger partial charge in [-0.25, -0.2) is 28.1 Å². The number of imide groups is 1. The molecule has 0 aromatic heterocycles. The minimum atomic E-state index is -1.32. The average molecular weight is 649 g/mol. The fourth-order valence-electron chi connectivity index (χ4n) is 6.20. The predicted octanol–water partition coefficient (Wildman–Crippen LogP) is 5.61. The number of nitrogens with one attached hydrogen (secondary N) is 2. The Balaban J connectivity index is 1.22. The van der Waals surface area contributed by atoms with Gasteiger partial charge >= 0.3 is 18.0 Å². The number of benzene rings is 3. The highest BCUT2D eigenvalue weighted by atomic mass is 32.1. The Morgan fingerprint density at radius 3 is 2.37 bits per heavy atom. The number of urea groups is 2. The highest BCUT2D eigenvalue weighted by Gasteiger charge is 2.40. The van der Waals surface area contributed by atoms with E-state index in [1.807, 2.05) is 18.2 Å². The summed E-state index contributed by atoms with van der Waals surface area (Å²) in [4.78, 5) is 41.7. The number of amides is 4. The topological polar surface area (TPSA) is 100 Å². The van der Waals surface area contributed by atoms with Gasteiger partial charge in [-0.3, -0.25) is 0 Å². The highest BCUT2D eigenvalue weighted by molar-refractivity contribution is 7.78. The maximum Gasteiger partial charge on any atom is 0.337 e. The zero-order chi connectivity index (χ0) is 32.7. The van der Waals surface area contributed by atoms with Gasteiger partial charge in [0, 0.05) is 18.2 Å². The van der Waals surface area contributed by atoms with Crippen molar-refractivity contribution in [1.82, 2.24) is 20.4 Å². The van der Waals surface area contributed by atoms with E-state index >= 15 is 0 Å². The molecule has 5 rings (SSSR count). The number of hydrogen-bond acceptors (Lipinski definition) is 7. The van der Waals surface area contributed by atoms with Crippen LogP contribution >= 0.6 is 12.2 Å². The van der Waals surface area contributed by atoms with E-state index in [9.17, 15) is 23.2 Å². The van der Waals surface area contributed by atoms with E-state index in [2.05, 4.69) is 51.9 Å². The maximum atomic E-state index is 14.1. The zero-order valence-corrected chi connectivity index (χ0v) is 26.0. The molecule has 1 saturated heterocycles. The summed E-state index contributed by atoms with van der Waals surface area (Å²) in [5.41, 5.74) is 3.46. The lowest BCUT2D eigenvalue weighted by Gasteiger charge is -2.43. The molecule has 2 N–H and O–H groups in total. The van der Waals surface area contributed by atoms with E-state index in [0.29, 0.717) is 18.7 Å². The number of carbonyl (C=O) groups excluding carboxylic acids is 3. The normalized spacial score (nSPS) is 17.8. The Kier molecular flexibility index (Phi) is 10.4. The summed E-state index contributed by atoms with van der Waals surface area (Å²) >= 11 is 4.81. The van der Waals surface area contributed by atoms with Gasteiger partial charge in [-0.2, -0.15) is 0 Å². The summed E-state index contributed by atoms with van der Waals surface area (Å²) in [6, 6.07) is 18.5. The van der Waals surface area contributed by atoms with E-state index < -0.39 is 35.7 Å². The van der Waals surface area contributed by atoms with Crippen LogP contribution in [0, 0.1) is 11.6 Å². The molecule has 0 aliphatic carbocycles. The first-order valence-corrected chi connectivity index (χ1v) is 15.3. The molecule has 1 fully saturated rings. The Bertz CT molecular complexity index is 1610. The number of esters is 1. The number of likely N-dealkylation sites (tertiary alicyclic amines) is 1. The minimum Gasteiger partial charge on any atom is -0.466 e. The lowest BCUT2D eigenvalue weighted by molar-refractivity contribution is -0.136. The quantitative estimate of drug-likeness (QED) is 0.168. The summed E-state index contributed by atoms with van der Waals surface area (Å²) in [5, 5.41) is 5.10. The molecule has 4 amide bonds. The third-order valence-corrected chi connectivity index (χ3v) is 8.67. The third-order valence-electron chi connectivity index (χ3n) is 8.58. The molecule has 46 heavy (non-hydrogen) atoms. The van der Waals surface area contributed by atoms with Gasteiger partial charge in [-0.1, -0.05) is 48.5 Å². The maximum absolute atomic E-state index is 14.1. The van der Waals surface area contributed by atoms with Crippen molar-refractivity contribution in [3.05, 3.63) is 113 Å². The molecule has 3 aromatic carbocycles. The van der Waals surface area contributed by atoms with Gasteiger partial charge in [-0.05, 0) is 92.1 Å². The minimum absolute atomic E-state index is 0.0386. The highest BCUT2D eigenvalue weighted by Crippen LogP contribution is 2.42. The molecule has 240 valence electrons. The van der Waals surface area contributed by atoms with Crippen LogP contribution < -0.4 is 15.4 Å². The first kappa shape index (κ1) is 32.7. The molecule has 9 nitrogen and oxygen atoms in total. The van der Waals surface area contributed by atoms with Gasteiger partial charge in [0.05, 0.1) is 12.7 Å². The van der Waals surface area contributed by atoms with Crippen LogP contribution in [-0.4, -0.2) is 66.7 Å². The van der Waals surface area contributed by atoms with E-state index in [4.69, 9.17) is 21.7 Å². The first-order chi connectivity index (χ1) is 22.3. The van der Waals surface area contributed by atoms with Gasteiger partial charge in [0.15, 0.2) is 17.2 Å². The summed E-state index contributed by atoms with van der Waals surface area (Å²) < 4.78 is 38.0. The number of piperidine rings is 1. The summed E-state index contributed by atoms with van der Waals surface area (Å²) in [7, 11) is 1.14. The second kappa shape index (κ2) is 14.6. The lowest BCUT2D eigenvalue weighted by atomic mass is 9.68. The van der Waals surface area contributed by atoms with Crippen LogP contribution in [0.2, 0.25) is 0 Å².